The third-order valence-electron chi connectivity index (χ3n) is 6.16. The van der Waals surface area contributed by atoms with Gasteiger partial charge in [0.15, 0.2) is 18.2 Å². The number of hydrogen-bond acceptors (Lipinski definition) is 7. The highest BCUT2D eigenvalue weighted by Crippen LogP contribution is 2.27. The normalized spacial score (nSPS) is 24.6. The first-order valence-corrected chi connectivity index (χ1v) is 11.0. The highest BCUT2D eigenvalue weighted by molar-refractivity contribution is 6.03. The standard InChI is InChI=1S/C22H31N5O4/c1-3-15-7-9-17(10-8-15)31-14-16(28)13-27-18-19(25(2)22(30)24-20(18)29)23-21(27)26-11-5-4-6-12-26/h7-10,16,18-19,28H,3-6,11-14H2,1-2H3,(H,24,29,30). The number of imide groups is 1. The van der Waals surface area contributed by atoms with Crippen LogP contribution < -0.4 is 10.1 Å². The summed E-state index contributed by atoms with van der Waals surface area (Å²) in [4.78, 5) is 35.0. The van der Waals surface area contributed by atoms with Crippen LogP contribution in [0.3, 0.4) is 0 Å². The highest BCUT2D eigenvalue weighted by atomic mass is 16.5. The van der Waals surface area contributed by atoms with Gasteiger partial charge in [0.25, 0.3) is 5.91 Å². The minimum atomic E-state index is -0.824. The second kappa shape index (κ2) is 9.13. The highest BCUT2D eigenvalue weighted by Gasteiger charge is 2.50. The minimum Gasteiger partial charge on any atom is -0.491 e. The predicted molar refractivity (Wildman–Crippen MR) is 116 cm³/mol. The van der Waals surface area contributed by atoms with Gasteiger partial charge in [-0.2, -0.15) is 0 Å². The lowest BCUT2D eigenvalue weighted by molar-refractivity contribution is -0.127. The Bertz CT molecular complexity index is 837. The molecule has 3 aliphatic rings. The third kappa shape index (κ3) is 4.46. The van der Waals surface area contributed by atoms with E-state index in [0.717, 1.165) is 32.4 Å². The van der Waals surface area contributed by atoms with Gasteiger partial charge in [0.1, 0.15) is 18.5 Å². The molecule has 0 spiro atoms. The molecule has 1 aromatic rings. The lowest BCUT2D eigenvalue weighted by Gasteiger charge is -2.39. The Kier molecular flexibility index (Phi) is 6.31. The Morgan fingerprint density at radius 3 is 2.58 bits per heavy atom. The monoisotopic (exact) mass is 429 g/mol. The maximum absolute atomic E-state index is 12.7. The van der Waals surface area contributed by atoms with Crippen LogP contribution in [-0.4, -0.2) is 89.3 Å². The number of fused-ring (bicyclic) bond motifs is 1. The Morgan fingerprint density at radius 2 is 1.90 bits per heavy atom. The zero-order valence-corrected chi connectivity index (χ0v) is 18.2. The van der Waals surface area contributed by atoms with Crippen molar-refractivity contribution in [3.63, 3.8) is 0 Å². The van der Waals surface area contributed by atoms with Crippen molar-refractivity contribution in [2.75, 3.05) is 33.3 Å². The van der Waals surface area contributed by atoms with E-state index >= 15 is 0 Å². The molecule has 4 rings (SSSR count). The number of β-amino-alcohol motifs (C(OH)–C–C–N with tert-alkyl or cyclic N) is 1. The number of nitrogens with one attached hydrogen (secondary N) is 1. The van der Waals surface area contributed by atoms with Gasteiger partial charge < -0.3 is 24.5 Å². The predicted octanol–water partition coefficient (Wildman–Crippen LogP) is 1.02. The molecule has 9 heteroatoms. The van der Waals surface area contributed by atoms with Gasteiger partial charge in [-0.05, 0) is 43.4 Å². The van der Waals surface area contributed by atoms with E-state index in [4.69, 9.17) is 9.73 Å². The second-order valence-electron chi connectivity index (χ2n) is 8.36. The summed E-state index contributed by atoms with van der Waals surface area (Å²) in [6.45, 7) is 4.09. The number of piperidine rings is 1. The van der Waals surface area contributed by atoms with E-state index in [1.165, 1.54) is 16.9 Å². The van der Waals surface area contributed by atoms with Crippen molar-refractivity contribution in [2.45, 2.75) is 50.9 Å². The number of hydrogen-bond donors (Lipinski definition) is 2. The van der Waals surface area contributed by atoms with E-state index in [-0.39, 0.29) is 19.1 Å². The molecular weight excluding hydrogens is 398 g/mol. The van der Waals surface area contributed by atoms with Gasteiger partial charge in [0.05, 0.1) is 6.54 Å². The molecule has 31 heavy (non-hydrogen) atoms. The Balaban J connectivity index is 1.47. The van der Waals surface area contributed by atoms with Gasteiger partial charge in [0.2, 0.25) is 0 Å². The third-order valence-corrected chi connectivity index (χ3v) is 6.16. The number of nitrogens with zero attached hydrogens (tertiary/aromatic N) is 4. The number of carbonyl (C=O) groups is 2. The second-order valence-corrected chi connectivity index (χ2v) is 8.36. The van der Waals surface area contributed by atoms with Gasteiger partial charge in [-0.3, -0.25) is 10.1 Å². The number of aryl methyl sites for hydroxylation is 1. The summed E-state index contributed by atoms with van der Waals surface area (Å²) in [7, 11) is 1.64. The largest absolute Gasteiger partial charge is 0.491 e. The maximum Gasteiger partial charge on any atom is 0.325 e. The van der Waals surface area contributed by atoms with Gasteiger partial charge in [-0.15, -0.1) is 0 Å². The summed E-state index contributed by atoms with van der Waals surface area (Å²) in [5, 5.41) is 13.1. The molecule has 3 heterocycles. The molecule has 168 valence electrons. The summed E-state index contributed by atoms with van der Waals surface area (Å²) >= 11 is 0. The van der Waals surface area contributed by atoms with Crippen LogP contribution in [0.15, 0.2) is 29.3 Å². The average Bonchev–Trinajstić information content (AvgIpc) is 3.17. The first-order chi connectivity index (χ1) is 15.0. The van der Waals surface area contributed by atoms with Crippen LogP contribution in [-0.2, 0) is 11.2 Å². The molecule has 1 aromatic carbocycles. The van der Waals surface area contributed by atoms with Crippen LogP contribution in [0.1, 0.15) is 31.7 Å². The fourth-order valence-corrected chi connectivity index (χ4v) is 4.36. The molecule has 2 fully saturated rings. The van der Waals surface area contributed by atoms with Crippen molar-refractivity contribution >= 4 is 17.9 Å². The molecule has 3 unspecified atom stereocenters. The van der Waals surface area contributed by atoms with Crippen molar-refractivity contribution in [1.29, 1.82) is 0 Å². The number of aliphatic hydroxyl groups excluding tert-OH is 1. The number of aliphatic imine (C=N–C) groups is 1. The van der Waals surface area contributed by atoms with Crippen LogP contribution in [0.5, 0.6) is 5.75 Å². The van der Waals surface area contributed by atoms with E-state index in [9.17, 15) is 14.7 Å². The molecule has 0 saturated carbocycles. The molecule has 0 aliphatic carbocycles. The minimum absolute atomic E-state index is 0.100. The van der Waals surface area contributed by atoms with E-state index in [0.29, 0.717) is 11.7 Å². The topological polar surface area (TPSA) is 97.7 Å². The Morgan fingerprint density at radius 1 is 1.19 bits per heavy atom. The quantitative estimate of drug-likeness (QED) is 0.701. The first kappa shape index (κ1) is 21.4. The molecule has 3 aliphatic heterocycles. The smallest absolute Gasteiger partial charge is 0.325 e. The summed E-state index contributed by atoms with van der Waals surface area (Å²) in [6.07, 6.45) is 2.83. The van der Waals surface area contributed by atoms with E-state index in [1.807, 2.05) is 29.2 Å². The van der Waals surface area contributed by atoms with Gasteiger partial charge >= 0.3 is 6.03 Å². The summed E-state index contributed by atoms with van der Waals surface area (Å²) in [5.41, 5.74) is 1.22. The van der Waals surface area contributed by atoms with E-state index < -0.39 is 24.3 Å². The zero-order valence-electron chi connectivity index (χ0n) is 18.2. The number of aliphatic hydroxyl groups is 1. The van der Waals surface area contributed by atoms with Crippen molar-refractivity contribution in [3.8, 4) is 5.75 Å². The number of guanidine groups is 1. The molecule has 9 nitrogen and oxygen atoms in total. The van der Waals surface area contributed by atoms with E-state index in [1.54, 1.807) is 7.05 Å². The fraction of sp³-hybridized carbons (Fsp3) is 0.591. The van der Waals surface area contributed by atoms with Gasteiger partial charge in [-0.25, -0.2) is 9.79 Å². The van der Waals surface area contributed by atoms with Crippen LogP contribution in [0.4, 0.5) is 4.79 Å². The van der Waals surface area contributed by atoms with Crippen molar-refractivity contribution in [3.05, 3.63) is 29.8 Å². The molecule has 3 amide bonds. The van der Waals surface area contributed by atoms with Crippen molar-refractivity contribution in [1.82, 2.24) is 20.0 Å². The van der Waals surface area contributed by atoms with Crippen LogP contribution >= 0.6 is 0 Å². The molecule has 0 radical (unpaired) electrons. The average molecular weight is 430 g/mol. The molecule has 0 bridgehead atoms. The van der Waals surface area contributed by atoms with Crippen molar-refractivity contribution in [2.24, 2.45) is 4.99 Å². The molecule has 2 N–H and O–H groups in total. The zero-order chi connectivity index (χ0) is 22.0. The van der Waals surface area contributed by atoms with Crippen LogP contribution in [0, 0.1) is 0 Å². The molecule has 2 saturated heterocycles. The number of likely N-dealkylation sites (N-methyl/N-ethyl adjacent to an activating group) is 1. The first-order valence-electron chi connectivity index (χ1n) is 11.0. The number of amides is 3. The molecule has 0 aromatic heterocycles. The SMILES string of the molecule is CCc1ccc(OCC(O)CN2C(N3CCCCC3)=NC3C2C(=O)NC(=O)N3C)cc1. The lowest BCUT2D eigenvalue weighted by atomic mass is 10.1. The number of rotatable bonds is 6. The van der Waals surface area contributed by atoms with Gasteiger partial charge in [0, 0.05) is 20.1 Å². The Hall–Kier alpha value is -2.81. The fourth-order valence-electron chi connectivity index (χ4n) is 4.36. The van der Waals surface area contributed by atoms with Gasteiger partial charge in [-0.1, -0.05) is 19.1 Å². The number of ether oxygens (including phenoxy) is 1. The number of urea groups is 1. The number of benzene rings is 1. The molecule has 3 atom stereocenters. The molecular formula is C22H31N5O4. The lowest BCUT2D eigenvalue weighted by Crippen LogP contribution is -2.65. The van der Waals surface area contributed by atoms with Crippen LogP contribution in [0.2, 0.25) is 0 Å². The van der Waals surface area contributed by atoms with Crippen molar-refractivity contribution < 1.29 is 19.4 Å². The number of likely N-dealkylation sites (tertiary alicyclic amines) is 1. The number of carbonyl (C=O) groups excluding carboxylic acids is 2. The summed E-state index contributed by atoms with van der Waals surface area (Å²) in [6, 6.07) is 6.70. The summed E-state index contributed by atoms with van der Waals surface area (Å²) < 4.78 is 5.76. The van der Waals surface area contributed by atoms with E-state index in [2.05, 4.69) is 17.1 Å². The van der Waals surface area contributed by atoms with Crippen LogP contribution in [0.25, 0.3) is 0 Å². The summed E-state index contributed by atoms with van der Waals surface area (Å²) in [5.74, 6) is 0.992. The Labute approximate surface area is 182 Å². The maximum atomic E-state index is 12.7.